The average molecular weight is 304 g/mol. The van der Waals surface area contributed by atoms with Gasteiger partial charge in [0.25, 0.3) is 0 Å². The molecule has 1 aromatic carbocycles. The summed E-state index contributed by atoms with van der Waals surface area (Å²) >= 11 is 0. The third-order valence-corrected chi connectivity index (χ3v) is 4.86. The van der Waals surface area contributed by atoms with Crippen molar-refractivity contribution in [3.63, 3.8) is 0 Å². The van der Waals surface area contributed by atoms with E-state index in [0.29, 0.717) is 17.6 Å². The maximum absolute atomic E-state index is 11.2. The molecule has 1 fully saturated rings. The molecule has 1 atom stereocenters. The van der Waals surface area contributed by atoms with Gasteiger partial charge in [0.15, 0.2) is 6.29 Å². The zero-order valence-corrected chi connectivity index (χ0v) is 14.1. The standard InChI is InChI=1S/C18H25O2P/c1-4-13-10-18(17(12(2)3)9-14(13)11-19)20-15-5-7-16(21)8-6-15/h4,9-12,15-16H,1,5-8,21H2,2-3H3. The average Bonchev–Trinajstić information content (AvgIpc) is 2.48. The molecular formula is C18H25O2P. The van der Waals surface area contributed by atoms with Gasteiger partial charge >= 0.3 is 0 Å². The Kier molecular flexibility index (Phi) is 5.58. The van der Waals surface area contributed by atoms with Gasteiger partial charge in [0.1, 0.15) is 5.75 Å². The number of aldehydes is 1. The Labute approximate surface area is 130 Å². The first-order valence-electron chi connectivity index (χ1n) is 7.73. The van der Waals surface area contributed by atoms with Crippen molar-refractivity contribution in [1.82, 2.24) is 0 Å². The van der Waals surface area contributed by atoms with Crippen LogP contribution in [0.2, 0.25) is 0 Å². The maximum Gasteiger partial charge on any atom is 0.150 e. The molecule has 0 saturated heterocycles. The van der Waals surface area contributed by atoms with Crippen molar-refractivity contribution in [1.29, 1.82) is 0 Å². The molecule has 1 aliphatic rings. The smallest absolute Gasteiger partial charge is 0.150 e. The summed E-state index contributed by atoms with van der Waals surface area (Å²) in [7, 11) is 2.92. The number of carbonyl (C=O) groups is 1. The predicted molar refractivity (Wildman–Crippen MR) is 92.4 cm³/mol. The van der Waals surface area contributed by atoms with Gasteiger partial charge in [-0.3, -0.25) is 4.79 Å². The monoisotopic (exact) mass is 304 g/mol. The fraction of sp³-hybridized carbons (Fsp3) is 0.500. The molecule has 1 saturated carbocycles. The van der Waals surface area contributed by atoms with E-state index in [1.165, 1.54) is 12.8 Å². The highest BCUT2D eigenvalue weighted by Gasteiger charge is 2.21. The molecule has 2 nitrogen and oxygen atoms in total. The lowest BCUT2D eigenvalue weighted by Crippen LogP contribution is -2.24. The van der Waals surface area contributed by atoms with Gasteiger partial charge in [0.05, 0.1) is 6.10 Å². The van der Waals surface area contributed by atoms with E-state index in [2.05, 4.69) is 29.7 Å². The lowest BCUT2D eigenvalue weighted by Gasteiger charge is -2.28. The van der Waals surface area contributed by atoms with Gasteiger partial charge in [-0.2, -0.15) is 0 Å². The van der Waals surface area contributed by atoms with E-state index in [1.807, 2.05) is 12.1 Å². The maximum atomic E-state index is 11.2. The Morgan fingerprint density at radius 3 is 2.43 bits per heavy atom. The molecule has 1 unspecified atom stereocenters. The fourth-order valence-electron chi connectivity index (χ4n) is 2.85. The Balaban J connectivity index is 2.28. The number of hydrogen-bond acceptors (Lipinski definition) is 2. The van der Waals surface area contributed by atoms with E-state index >= 15 is 0 Å². The van der Waals surface area contributed by atoms with Crippen LogP contribution in [0.15, 0.2) is 18.7 Å². The van der Waals surface area contributed by atoms with Crippen molar-refractivity contribution in [2.75, 3.05) is 0 Å². The molecule has 21 heavy (non-hydrogen) atoms. The minimum atomic E-state index is 0.291. The van der Waals surface area contributed by atoms with Crippen molar-refractivity contribution in [3.05, 3.63) is 35.4 Å². The molecule has 0 heterocycles. The molecule has 1 aromatic rings. The number of carbonyl (C=O) groups excluding carboxylic acids is 1. The minimum Gasteiger partial charge on any atom is -0.490 e. The van der Waals surface area contributed by atoms with Gasteiger partial charge in [-0.15, -0.1) is 9.24 Å². The van der Waals surface area contributed by atoms with Gasteiger partial charge in [-0.1, -0.05) is 26.5 Å². The third-order valence-electron chi connectivity index (χ3n) is 4.20. The molecule has 0 radical (unpaired) electrons. The Bertz CT molecular complexity index is 514. The van der Waals surface area contributed by atoms with Crippen LogP contribution in [0, 0.1) is 0 Å². The van der Waals surface area contributed by atoms with Crippen molar-refractivity contribution >= 4 is 21.6 Å². The van der Waals surface area contributed by atoms with E-state index in [1.54, 1.807) is 6.08 Å². The van der Waals surface area contributed by atoms with Gasteiger partial charge in [-0.25, -0.2) is 0 Å². The molecule has 1 aliphatic carbocycles. The first-order chi connectivity index (χ1) is 10.0. The lowest BCUT2D eigenvalue weighted by atomic mass is 9.94. The lowest BCUT2D eigenvalue weighted by molar-refractivity contribution is 0.112. The Morgan fingerprint density at radius 2 is 1.90 bits per heavy atom. The molecule has 0 spiro atoms. The zero-order valence-electron chi connectivity index (χ0n) is 13.0. The normalized spacial score (nSPS) is 22.1. The molecule has 0 bridgehead atoms. The van der Waals surface area contributed by atoms with Gasteiger partial charge in [0, 0.05) is 5.56 Å². The number of benzene rings is 1. The SMILES string of the molecule is C=Cc1cc(OC2CCC(P)CC2)c(C(C)C)cc1C=O. The summed E-state index contributed by atoms with van der Waals surface area (Å²) in [6.07, 6.45) is 7.51. The summed E-state index contributed by atoms with van der Waals surface area (Å²) in [5, 5.41) is 0. The second kappa shape index (κ2) is 7.22. The van der Waals surface area contributed by atoms with Crippen LogP contribution in [0.5, 0.6) is 5.75 Å². The van der Waals surface area contributed by atoms with E-state index in [9.17, 15) is 4.79 Å². The van der Waals surface area contributed by atoms with Crippen LogP contribution in [-0.2, 0) is 0 Å². The van der Waals surface area contributed by atoms with Gasteiger partial charge in [-0.05, 0) is 60.5 Å². The van der Waals surface area contributed by atoms with Crippen LogP contribution in [0.4, 0.5) is 0 Å². The second-order valence-electron chi connectivity index (χ2n) is 6.15. The highest BCUT2D eigenvalue weighted by atomic mass is 31.0. The molecular weight excluding hydrogens is 279 g/mol. The first-order valence-corrected chi connectivity index (χ1v) is 8.39. The van der Waals surface area contributed by atoms with Crippen LogP contribution >= 0.6 is 9.24 Å². The molecule has 2 rings (SSSR count). The zero-order chi connectivity index (χ0) is 15.4. The third kappa shape index (κ3) is 3.95. The Hall–Kier alpha value is -1.14. The second-order valence-corrected chi connectivity index (χ2v) is 7.09. The highest BCUT2D eigenvalue weighted by Crippen LogP contribution is 2.34. The summed E-state index contributed by atoms with van der Waals surface area (Å²) in [6, 6.07) is 3.92. The van der Waals surface area contributed by atoms with Gasteiger partial charge < -0.3 is 4.74 Å². The van der Waals surface area contributed by atoms with Crippen molar-refractivity contribution in [2.24, 2.45) is 0 Å². The minimum absolute atomic E-state index is 0.291. The molecule has 0 N–H and O–H groups in total. The summed E-state index contributed by atoms with van der Waals surface area (Å²) in [5.74, 6) is 1.24. The number of rotatable bonds is 5. The fourth-order valence-corrected chi connectivity index (χ4v) is 3.23. The molecule has 0 amide bonds. The largest absolute Gasteiger partial charge is 0.490 e. The summed E-state index contributed by atoms with van der Waals surface area (Å²) < 4.78 is 6.27. The molecule has 0 aliphatic heterocycles. The molecule has 114 valence electrons. The predicted octanol–water partition coefficient (Wildman–Crippen LogP) is 4.83. The number of hydrogen-bond donors (Lipinski definition) is 0. The highest BCUT2D eigenvalue weighted by molar-refractivity contribution is 7.17. The van der Waals surface area contributed by atoms with E-state index < -0.39 is 0 Å². The summed E-state index contributed by atoms with van der Waals surface area (Å²) in [4.78, 5) is 11.2. The number of ether oxygens (including phenoxy) is 1. The van der Waals surface area contributed by atoms with Crippen molar-refractivity contribution in [3.8, 4) is 5.75 Å². The summed E-state index contributed by atoms with van der Waals surface area (Å²) in [5.41, 5.74) is 3.38. The quantitative estimate of drug-likeness (QED) is 0.575. The van der Waals surface area contributed by atoms with Crippen LogP contribution < -0.4 is 4.74 Å². The van der Waals surface area contributed by atoms with Crippen LogP contribution in [0.1, 0.15) is 66.9 Å². The van der Waals surface area contributed by atoms with E-state index in [0.717, 1.165) is 41.7 Å². The molecule has 0 aromatic heterocycles. The summed E-state index contributed by atoms with van der Waals surface area (Å²) in [6.45, 7) is 8.05. The van der Waals surface area contributed by atoms with Crippen LogP contribution in [0.3, 0.4) is 0 Å². The Morgan fingerprint density at radius 1 is 1.24 bits per heavy atom. The first kappa shape index (κ1) is 16.2. The van der Waals surface area contributed by atoms with Gasteiger partial charge in [0.2, 0.25) is 0 Å². The van der Waals surface area contributed by atoms with Crippen LogP contribution in [-0.4, -0.2) is 18.0 Å². The molecule has 3 heteroatoms. The van der Waals surface area contributed by atoms with Crippen LogP contribution in [0.25, 0.3) is 6.08 Å². The van der Waals surface area contributed by atoms with Crippen molar-refractivity contribution < 1.29 is 9.53 Å². The van der Waals surface area contributed by atoms with E-state index in [-0.39, 0.29) is 0 Å². The van der Waals surface area contributed by atoms with E-state index in [4.69, 9.17) is 4.74 Å². The van der Waals surface area contributed by atoms with Crippen molar-refractivity contribution in [2.45, 2.75) is 57.2 Å². The topological polar surface area (TPSA) is 26.3 Å².